The van der Waals surface area contributed by atoms with E-state index in [1.165, 1.54) is 0 Å². The highest BCUT2D eigenvalue weighted by Gasteiger charge is 2.24. The summed E-state index contributed by atoms with van der Waals surface area (Å²) >= 11 is 0. The predicted molar refractivity (Wildman–Crippen MR) is 81.6 cm³/mol. The van der Waals surface area contributed by atoms with E-state index in [1.807, 2.05) is 18.2 Å². The van der Waals surface area contributed by atoms with Crippen LogP contribution >= 0.6 is 0 Å². The fourth-order valence-corrected chi connectivity index (χ4v) is 2.71. The molecule has 112 valence electrons. The summed E-state index contributed by atoms with van der Waals surface area (Å²) < 4.78 is 0. The fourth-order valence-electron chi connectivity index (χ4n) is 2.71. The third-order valence-corrected chi connectivity index (χ3v) is 3.98. The second-order valence-corrected chi connectivity index (χ2v) is 5.51. The lowest BCUT2D eigenvalue weighted by Crippen LogP contribution is -2.38. The number of hydrogen-bond acceptors (Lipinski definition) is 4. The van der Waals surface area contributed by atoms with Crippen LogP contribution in [0.15, 0.2) is 18.2 Å². The summed E-state index contributed by atoms with van der Waals surface area (Å²) in [5.74, 6) is -0.0765. The van der Waals surface area contributed by atoms with E-state index in [0.717, 1.165) is 30.9 Å². The third kappa shape index (κ3) is 2.79. The Hall–Kier alpha value is -2.24. The number of nitrogens with zero attached hydrogens (tertiary/aromatic N) is 2. The molecule has 6 nitrogen and oxygen atoms in total. The van der Waals surface area contributed by atoms with Crippen LogP contribution in [0.2, 0.25) is 0 Å². The van der Waals surface area contributed by atoms with Gasteiger partial charge in [-0.3, -0.25) is 9.59 Å². The van der Waals surface area contributed by atoms with Crippen molar-refractivity contribution in [1.82, 2.24) is 9.80 Å². The molecular weight excluding hydrogens is 268 g/mol. The Labute approximate surface area is 124 Å². The van der Waals surface area contributed by atoms with Gasteiger partial charge in [0.15, 0.2) is 0 Å². The maximum absolute atomic E-state index is 12.6. The number of amides is 2. The standard InChI is InChI=1S/C15H20N4O2/c1-18-7-2-8-19(10-14(18)20)15(21)11-3-4-12-13(9-11)17-6-5-16-12/h3-4,9,16-17H,2,5-8,10H2,1H3. The molecule has 3 rings (SSSR count). The van der Waals surface area contributed by atoms with E-state index in [0.29, 0.717) is 18.7 Å². The van der Waals surface area contributed by atoms with Crippen molar-refractivity contribution < 1.29 is 9.59 Å². The minimum absolute atomic E-state index is 0.00129. The number of carbonyl (C=O) groups excluding carboxylic acids is 2. The lowest BCUT2D eigenvalue weighted by atomic mass is 10.1. The number of anilines is 2. The summed E-state index contributed by atoms with van der Waals surface area (Å²) in [7, 11) is 1.78. The molecule has 0 bridgehead atoms. The molecule has 6 heteroatoms. The number of likely N-dealkylation sites (N-methyl/N-ethyl adjacent to an activating group) is 1. The average molecular weight is 288 g/mol. The van der Waals surface area contributed by atoms with Crippen molar-refractivity contribution in [2.24, 2.45) is 0 Å². The molecule has 2 amide bonds. The van der Waals surface area contributed by atoms with Gasteiger partial charge in [0.25, 0.3) is 5.91 Å². The van der Waals surface area contributed by atoms with Gasteiger partial charge in [-0.1, -0.05) is 0 Å². The van der Waals surface area contributed by atoms with E-state index in [-0.39, 0.29) is 18.4 Å². The van der Waals surface area contributed by atoms with Gasteiger partial charge in [0.1, 0.15) is 6.54 Å². The Morgan fingerprint density at radius 1 is 1.14 bits per heavy atom. The molecule has 0 radical (unpaired) electrons. The summed E-state index contributed by atoms with van der Waals surface area (Å²) in [5.41, 5.74) is 2.59. The maximum atomic E-state index is 12.6. The van der Waals surface area contributed by atoms with E-state index in [4.69, 9.17) is 0 Å². The van der Waals surface area contributed by atoms with Crippen molar-refractivity contribution in [2.75, 3.05) is 50.4 Å². The molecule has 0 saturated carbocycles. The largest absolute Gasteiger partial charge is 0.382 e. The molecule has 2 aliphatic rings. The normalized spacial score (nSPS) is 18.4. The number of carbonyl (C=O) groups is 2. The summed E-state index contributed by atoms with van der Waals surface area (Å²) in [6, 6.07) is 5.60. The highest BCUT2D eigenvalue weighted by atomic mass is 16.2. The Bertz CT molecular complexity index is 573. The van der Waals surface area contributed by atoms with Crippen LogP contribution in [0.1, 0.15) is 16.8 Å². The Balaban J connectivity index is 1.79. The molecule has 2 N–H and O–H groups in total. The van der Waals surface area contributed by atoms with E-state index in [2.05, 4.69) is 10.6 Å². The molecule has 21 heavy (non-hydrogen) atoms. The molecule has 1 aromatic carbocycles. The zero-order valence-corrected chi connectivity index (χ0v) is 12.2. The van der Waals surface area contributed by atoms with Crippen molar-refractivity contribution in [2.45, 2.75) is 6.42 Å². The molecule has 1 saturated heterocycles. The van der Waals surface area contributed by atoms with Crippen LogP contribution in [0, 0.1) is 0 Å². The molecule has 0 spiro atoms. The molecule has 2 heterocycles. The van der Waals surface area contributed by atoms with E-state index >= 15 is 0 Å². The Kier molecular flexibility index (Phi) is 3.68. The topological polar surface area (TPSA) is 64.7 Å². The van der Waals surface area contributed by atoms with Crippen LogP contribution in [0.25, 0.3) is 0 Å². The highest BCUT2D eigenvalue weighted by molar-refractivity contribution is 5.98. The Morgan fingerprint density at radius 2 is 1.90 bits per heavy atom. The van der Waals surface area contributed by atoms with Crippen LogP contribution < -0.4 is 10.6 Å². The molecule has 1 fully saturated rings. The minimum Gasteiger partial charge on any atom is -0.382 e. The van der Waals surface area contributed by atoms with Gasteiger partial charge in [0.2, 0.25) is 5.91 Å². The SMILES string of the molecule is CN1CCCN(C(=O)c2ccc3c(c2)NCCN3)CC1=O. The number of rotatable bonds is 1. The molecular formula is C15H20N4O2. The predicted octanol–water partition coefficient (Wildman–Crippen LogP) is 0.828. The first-order valence-electron chi connectivity index (χ1n) is 7.30. The first-order valence-corrected chi connectivity index (χ1v) is 7.30. The number of fused-ring (bicyclic) bond motifs is 1. The number of hydrogen-bond donors (Lipinski definition) is 2. The molecule has 0 unspecified atom stereocenters. The molecule has 2 aliphatic heterocycles. The first kappa shape index (κ1) is 13.7. The van der Waals surface area contributed by atoms with E-state index in [9.17, 15) is 9.59 Å². The summed E-state index contributed by atoms with van der Waals surface area (Å²) in [4.78, 5) is 27.8. The second kappa shape index (κ2) is 5.63. The van der Waals surface area contributed by atoms with Gasteiger partial charge in [0, 0.05) is 38.8 Å². The van der Waals surface area contributed by atoms with E-state index < -0.39 is 0 Å². The summed E-state index contributed by atoms with van der Waals surface area (Å²) in [5, 5.41) is 6.56. The number of nitrogens with one attached hydrogen (secondary N) is 2. The van der Waals surface area contributed by atoms with Gasteiger partial charge >= 0.3 is 0 Å². The third-order valence-electron chi connectivity index (χ3n) is 3.98. The Morgan fingerprint density at radius 3 is 2.71 bits per heavy atom. The van der Waals surface area contributed by atoms with Gasteiger partial charge in [-0.2, -0.15) is 0 Å². The monoisotopic (exact) mass is 288 g/mol. The summed E-state index contributed by atoms with van der Waals surface area (Å²) in [6.07, 6.45) is 0.818. The maximum Gasteiger partial charge on any atom is 0.254 e. The number of benzene rings is 1. The van der Waals surface area contributed by atoms with Gasteiger partial charge in [-0.05, 0) is 24.6 Å². The second-order valence-electron chi connectivity index (χ2n) is 5.51. The van der Waals surface area contributed by atoms with Crippen molar-refractivity contribution >= 4 is 23.2 Å². The van der Waals surface area contributed by atoms with Crippen LogP contribution in [0.5, 0.6) is 0 Å². The van der Waals surface area contributed by atoms with Crippen LogP contribution in [-0.2, 0) is 4.79 Å². The van der Waals surface area contributed by atoms with Crippen molar-refractivity contribution in [3.05, 3.63) is 23.8 Å². The smallest absolute Gasteiger partial charge is 0.254 e. The minimum atomic E-state index is -0.0752. The first-order chi connectivity index (χ1) is 10.1. The van der Waals surface area contributed by atoms with Gasteiger partial charge < -0.3 is 20.4 Å². The van der Waals surface area contributed by atoms with E-state index in [1.54, 1.807) is 16.8 Å². The zero-order chi connectivity index (χ0) is 14.8. The van der Waals surface area contributed by atoms with Crippen LogP contribution in [0.3, 0.4) is 0 Å². The average Bonchev–Trinajstić information content (AvgIpc) is 2.68. The van der Waals surface area contributed by atoms with Gasteiger partial charge in [-0.15, -0.1) is 0 Å². The van der Waals surface area contributed by atoms with Crippen LogP contribution in [0.4, 0.5) is 11.4 Å². The van der Waals surface area contributed by atoms with Crippen molar-refractivity contribution in [3.8, 4) is 0 Å². The highest BCUT2D eigenvalue weighted by Crippen LogP contribution is 2.26. The summed E-state index contributed by atoms with van der Waals surface area (Å²) in [6.45, 7) is 3.22. The van der Waals surface area contributed by atoms with Gasteiger partial charge in [0.05, 0.1) is 11.4 Å². The molecule has 0 aliphatic carbocycles. The van der Waals surface area contributed by atoms with Crippen LogP contribution in [-0.4, -0.2) is 61.4 Å². The fraction of sp³-hybridized carbons (Fsp3) is 0.467. The lowest BCUT2D eigenvalue weighted by molar-refractivity contribution is -0.129. The molecule has 0 atom stereocenters. The van der Waals surface area contributed by atoms with Gasteiger partial charge in [-0.25, -0.2) is 0 Å². The lowest BCUT2D eigenvalue weighted by Gasteiger charge is -2.23. The zero-order valence-electron chi connectivity index (χ0n) is 12.2. The van der Waals surface area contributed by atoms with Crippen molar-refractivity contribution in [3.63, 3.8) is 0 Å². The quantitative estimate of drug-likeness (QED) is 0.803. The van der Waals surface area contributed by atoms with Crippen molar-refractivity contribution in [1.29, 1.82) is 0 Å². The molecule has 0 aromatic heterocycles. The molecule has 1 aromatic rings.